The number of unbranched alkanes of at least 4 members (excludes halogenated alkanes) is 1. The molecule has 0 saturated heterocycles. The van der Waals surface area contributed by atoms with Crippen molar-refractivity contribution in [3.8, 4) is 0 Å². The second-order valence-corrected chi connectivity index (χ2v) is 10.6. The van der Waals surface area contributed by atoms with Crippen LogP contribution in [0.5, 0.6) is 0 Å². The Morgan fingerprint density at radius 2 is 1.69 bits per heavy atom. The molecule has 1 aromatic carbocycles. The number of amides is 3. The maximum Gasteiger partial charge on any atom is 0.416 e. The lowest BCUT2D eigenvalue weighted by molar-refractivity contribution is -0.137. The van der Waals surface area contributed by atoms with Crippen LogP contribution in [0.3, 0.4) is 0 Å². The van der Waals surface area contributed by atoms with Gasteiger partial charge in [0.1, 0.15) is 12.4 Å². The van der Waals surface area contributed by atoms with Crippen molar-refractivity contribution in [1.29, 1.82) is 0 Å². The topological polar surface area (TPSA) is 79.3 Å². The van der Waals surface area contributed by atoms with E-state index in [1.54, 1.807) is 4.68 Å². The van der Waals surface area contributed by atoms with Crippen LogP contribution in [0.2, 0.25) is 0 Å². The third kappa shape index (κ3) is 8.00. The van der Waals surface area contributed by atoms with Gasteiger partial charge in [-0.1, -0.05) is 40.2 Å². The SMILES string of the molecule is CCCCN(CC(=O)Nc1cc(C(C)(C)C)nn1C(C)(C)C)C(=O)Nc1cccc(C(F)(F)F)c1. The fourth-order valence-electron chi connectivity index (χ4n) is 3.28. The maximum absolute atomic E-state index is 13.0. The minimum atomic E-state index is -4.52. The molecule has 10 heteroatoms. The molecule has 0 saturated carbocycles. The molecule has 0 aliphatic rings. The highest BCUT2D eigenvalue weighted by molar-refractivity contribution is 5.96. The molecule has 0 bridgehead atoms. The van der Waals surface area contributed by atoms with Crippen molar-refractivity contribution < 1.29 is 22.8 Å². The molecule has 2 rings (SSSR count). The van der Waals surface area contributed by atoms with Gasteiger partial charge in [0.15, 0.2) is 0 Å². The molecule has 2 aromatic rings. The van der Waals surface area contributed by atoms with Crippen LogP contribution in [0.15, 0.2) is 30.3 Å². The van der Waals surface area contributed by atoms with Crippen molar-refractivity contribution in [1.82, 2.24) is 14.7 Å². The van der Waals surface area contributed by atoms with Crippen molar-refractivity contribution in [3.05, 3.63) is 41.6 Å². The van der Waals surface area contributed by atoms with Gasteiger partial charge in [-0.25, -0.2) is 9.48 Å². The second kappa shape index (κ2) is 10.7. The van der Waals surface area contributed by atoms with E-state index in [1.807, 2.05) is 54.5 Å². The van der Waals surface area contributed by atoms with Gasteiger partial charge < -0.3 is 15.5 Å². The van der Waals surface area contributed by atoms with E-state index in [2.05, 4.69) is 15.7 Å². The second-order valence-electron chi connectivity index (χ2n) is 10.6. The van der Waals surface area contributed by atoms with Crippen molar-refractivity contribution in [3.63, 3.8) is 0 Å². The van der Waals surface area contributed by atoms with Crippen LogP contribution in [-0.4, -0.2) is 39.7 Å². The number of aromatic nitrogens is 2. The Kier molecular flexibility index (Phi) is 8.62. The minimum absolute atomic E-state index is 0.00681. The zero-order valence-corrected chi connectivity index (χ0v) is 21.5. The van der Waals surface area contributed by atoms with Crippen LogP contribution in [0.25, 0.3) is 0 Å². The summed E-state index contributed by atoms with van der Waals surface area (Å²) in [4.78, 5) is 27.1. The summed E-state index contributed by atoms with van der Waals surface area (Å²) >= 11 is 0. The molecule has 1 aromatic heterocycles. The van der Waals surface area contributed by atoms with E-state index in [-0.39, 0.29) is 24.2 Å². The molecule has 35 heavy (non-hydrogen) atoms. The van der Waals surface area contributed by atoms with E-state index >= 15 is 0 Å². The number of nitrogens with one attached hydrogen (secondary N) is 2. The first-order chi connectivity index (χ1) is 16.0. The summed E-state index contributed by atoms with van der Waals surface area (Å²) < 4.78 is 40.8. The lowest BCUT2D eigenvalue weighted by Crippen LogP contribution is -2.41. The number of anilines is 2. The van der Waals surface area contributed by atoms with E-state index in [0.717, 1.165) is 24.2 Å². The lowest BCUT2D eigenvalue weighted by atomic mass is 9.92. The molecule has 0 unspecified atom stereocenters. The largest absolute Gasteiger partial charge is 0.416 e. The Balaban J connectivity index is 2.20. The highest BCUT2D eigenvalue weighted by Crippen LogP contribution is 2.31. The molecule has 194 valence electrons. The highest BCUT2D eigenvalue weighted by atomic mass is 19.4. The molecule has 0 radical (unpaired) electrons. The van der Waals surface area contributed by atoms with E-state index in [0.29, 0.717) is 12.2 Å². The first-order valence-corrected chi connectivity index (χ1v) is 11.7. The molecule has 0 aliphatic carbocycles. The van der Waals surface area contributed by atoms with Crippen LogP contribution in [-0.2, 0) is 21.9 Å². The number of hydrogen-bond donors (Lipinski definition) is 2. The van der Waals surface area contributed by atoms with Gasteiger partial charge in [0.2, 0.25) is 5.91 Å². The predicted molar refractivity (Wildman–Crippen MR) is 131 cm³/mol. The summed E-state index contributed by atoms with van der Waals surface area (Å²) in [6.45, 7) is 14.0. The first kappa shape index (κ1) is 28.2. The number of urea groups is 1. The number of alkyl halides is 3. The minimum Gasteiger partial charge on any atom is -0.315 e. The van der Waals surface area contributed by atoms with Gasteiger partial charge in [0.05, 0.1) is 16.8 Å². The normalized spacial score (nSPS) is 12.4. The molecule has 7 nitrogen and oxygen atoms in total. The number of hydrogen-bond acceptors (Lipinski definition) is 3. The molecular formula is C25H36F3N5O2. The van der Waals surface area contributed by atoms with Crippen LogP contribution in [0.1, 0.15) is 72.6 Å². The van der Waals surface area contributed by atoms with Crippen LogP contribution < -0.4 is 10.6 Å². The number of rotatable bonds is 7. The molecule has 0 atom stereocenters. The average molecular weight is 496 g/mol. The van der Waals surface area contributed by atoms with Crippen molar-refractivity contribution in [2.24, 2.45) is 0 Å². The number of benzene rings is 1. The smallest absolute Gasteiger partial charge is 0.315 e. The van der Waals surface area contributed by atoms with Crippen molar-refractivity contribution in [2.45, 2.75) is 78.4 Å². The standard InChI is InChI=1S/C25H36F3N5O2/c1-8-9-13-32(22(35)29-18-12-10-11-17(14-18)25(26,27)28)16-21(34)30-20-15-19(23(2,3)4)31-33(20)24(5,6)7/h10-12,14-15H,8-9,13,16H2,1-7H3,(H,29,35)(H,30,34). The van der Waals surface area contributed by atoms with Gasteiger partial charge >= 0.3 is 12.2 Å². The quantitative estimate of drug-likeness (QED) is 0.478. The van der Waals surface area contributed by atoms with Crippen LogP contribution >= 0.6 is 0 Å². The Morgan fingerprint density at radius 1 is 1.03 bits per heavy atom. The zero-order chi connectivity index (χ0) is 26.6. The monoisotopic (exact) mass is 495 g/mol. The molecule has 1 heterocycles. The molecular weight excluding hydrogens is 459 g/mol. The summed E-state index contributed by atoms with van der Waals surface area (Å²) in [6, 6.07) is 5.58. The average Bonchev–Trinajstić information content (AvgIpc) is 3.15. The van der Waals surface area contributed by atoms with E-state index in [9.17, 15) is 22.8 Å². The predicted octanol–water partition coefficient (Wildman–Crippen LogP) is 6.23. The Hall–Kier alpha value is -3.04. The third-order valence-corrected chi connectivity index (χ3v) is 5.23. The molecule has 2 N–H and O–H groups in total. The van der Waals surface area contributed by atoms with Gasteiger partial charge in [0, 0.05) is 23.7 Å². The Labute approximate surface area is 205 Å². The van der Waals surface area contributed by atoms with Crippen molar-refractivity contribution >= 4 is 23.4 Å². The molecule has 0 spiro atoms. The van der Waals surface area contributed by atoms with Gasteiger partial charge in [-0.3, -0.25) is 4.79 Å². The number of carbonyl (C=O) groups excluding carboxylic acids is 2. The Bertz CT molecular complexity index is 1030. The Morgan fingerprint density at radius 3 is 2.23 bits per heavy atom. The van der Waals surface area contributed by atoms with Gasteiger partial charge in [-0.2, -0.15) is 18.3 Å². The molecule has 3 amide bonds. The summed E-state index contributed by atoms with van der Waals surface area (Å²) in [7, 11) is 0. The van der Waals surface area contributed by atoms with Gasteiger partial charge in [-0.15, -0.1) is 0 Å². The number of halogens is 3. The summed E-state index contributed by atoms with van der Waals surface area (Å²) in [5, 5.41) is 10.0. The van der Waals surface area contributed by atoms with E-state index in [1.165, 1.54) is 17.0 Å². The highest BCUT2D eigenvalue weighted by Gasteiger charge is 2.31. The lowest BCUT2D eigenvalue weighted by Gasteiger charge is -2.25. The van der Waals surface area contributed by atoms with Crippen LogP contribution in [0, 0.1) is 0 Å². The fourth-order valence-corrected chi connectivity index (χ4v) is 3.28. The summed E-state index contributed by atoms with van der Waals surface area (Å²) in [5.74, 6) is 0.0901. The number of carbonyl (C=O) groups is 2. The third-order valence-electron chi connectivity index (χ3n) is 5.23. The van der Waals surface area contributed by atoms with Gasteiger partial charge in [-0.05, 0) is 45.4 Å². The first-order valence-electron chi connectivity index (χ1n) is 11.7. The van der Waals surface area contributed by atoms with E-state index in [4.69, 9.17) is 0 Å². The summed E-state index contributed by atoms with van der Waals surface area (Å²) in [5.41, 5.74) is -0.665. The molecule has 0 fully saturated rings. The van der Waals surface area contributed by atoms with E-state index < -0.39 is 29.2 Å². The maximum atomic E-state index is 13.0. The van der Waals surface area contributed by atoms with Crippen molar-refractivity contribution in [2.75, 3.05) is 23.7 Å². The zero-order valence-electron chi connectivity index (χ0n) is 21.5. The fraction of sp³-hybridized carbons (Fsp3) is 0.560. The van der Waals surface area contributed by atoms with Crippen LogP contribution in [0.4, 0.5) is 29.5 Å². The molecule has 0 aliphatic heterocycles. The summed E-state index contributed by atoms with van der Waals surface area (Å²) in [6.07, 6.45) is -3.11. The van der Waals surface area contributed by atoms with Gasteiger partial charge in [0.25, 0.3) is 0 Å². The number of nitrogens with zero attached hydrogens (tertiary/aromatic N) is 3.